The molecule has 110 valence electrons. The van der Waals surface area contributed by atoms with Crippen LogP contribution in [-0.4, -0.2) is 12.5 Å². The molecule has 2 rings (SSSR count). The Kier molecular flexibility index (Phi) is 5.52. The first-order valence-electron chi connectivity index (χ1n) is 7.27. The van der Waals surface area contributed by atoms with E-state index in [4.69, 9.17) is 0 Å². The van der Waals surface area contributed by atoms with E-state index in [1.54, 1.807) is 0 Å². The molecular weight excluding hydrogens is 260 g/mol. The fourth-order valence-corrected chi connectivity index (χ4v) is 2.31. The van der Waals surface area contributed by atoms with Crippen molar-refractivity contribution in [2.75, 3.05) is 11.9 Å². The van der Waals surface area contributed by atoms with Crippen molar-refractivity contribution in [3.05, 3.63) is 65.2 Å². The average molecular weight is 282 g/mol. The van der Waals surface area contributed by atoms with E-state index in [-0.39, 0.29) is 5.91 Å². The summed E-state index contributed by atoms with van der Waals surface area (Å²) in [6.07, 6.45) is 1.00. The Morgan fingerprint density at radius 3 is 2.67 bits per heavy atom. The molecule has 0 fully saturated rings. The van der Waals surface area contributed by atoms with Crippen LogP contribution in [0.4, 0.5) is 5.69 Å². The van der Waals surface area contributed by atoms with Crippen LogP contribution in [0.5, 0.6) is 0 Å². The zero-order valence-corrected chi connectivity index (χ0v) is 12.6. The van der Waals surface area contributed by atoms with E-state index in [2.05, 4.69) is 41.8 Å². The van der Waals surface area contributed by atoms with Crippen molar-refractivity contribution >= 4 is 11.6 Å². The molecule has 0 aliphatic rings. The van der Waals surface area contributed by atoms with Crippen LogP contribution in [-0.2, 0) is 17.8 Å². The third kappa shape index (κ3) is 5.04. The predicted molar refractivity (Wildman–Crippen MR) is 87.3 cm³/mol. The van der Waals surface area contributed by atoms with Gasteiger partial charge in [0.1, 0.15) is 0 Å². The summed E-state index contributed by atoms with van der Waals surface area (Å²) in [4.78, 5) is 11.2. The smallest absolute Gasteiger partial charge is 0.221 e. The molecule has 0 saturated heterocycles. The second-order valence-corrected chi connectivity index (χ2v) is 5.25. The van der Waals surface area contributed by atoms with Gasteiger partial charge in [0.15, 0.2) is 0 Å². The maximum atomic E-state index is 11.2. The molecule has 0 spiro atoms. The highest BCUT2D eigenvalue weighted by atomic mass is 16.1. The summed E-state index contributed by atoms with van der Waals surface area (Å²) in [5.74, 6) is -0.0396. The fraction of sp³-hybridized carbons (Fsp3) is 0.278. The highest BCUT2D eigenvalue weighted by Gasteiger charge is 2.02. The maximum Gasteiger partial charge on any atom is 0.221 e. The molecule has 2 N–H and O–H groups in total. The first-order chi connectivity index (χ1) is 10.1. The van der Waals surface area contributed by atoms with Crippen LogP contribution >= 0.6 is 0 Å². The van der Waals surface area contributed by atoms with Gasteiger partial charge >= 0.3 is 0 Å². The van der Waals surface area contributed by atoms with Crippen LogP contribution in [0.2, 0.25) is 0 Å². The number of para-hydroxylation sites is 1. The molecule has 3 nitrogen and oxygen atoms in total. The first kappa shape index (κ1) is 15.3. The number of aryl methyl sites for hydroxylation is 1. The van der Waals surface area contributed by atoms with Gasteiger partial charge in [-0.25, -0.2) is 0 Å². The second kappa shape index (κ2) is 7.60. The second-order valence-electron chi connectivity index (χ2n) is 5.25. The van der Waals surface area contributed by atoms with Gasteiger partial charge in [0, 0.05) is 19.2 Å². The summed E-state index contributed by atoms with van der Waals surface area (Å²) in [6, 6.07) is 16.5. The Labute approximate surface area is 126 Å². The van der Waals surface area contributed by atoms with Crippen LogP contribution in [0.3, 0.4) is 0 Å². The third-order valence-corrected chi connectivity index (χ3v) is 3.32. The number of hydrogen-bond donors (Lipinski definition) is 2. The number of rotatable bonds is 6. The zero-order valence-electron chi connectivity index (χ0n) is 12.6. The summed E-state index contributed by atoms with van der Waals surface area (Å²) < 4.78 is 0. The van der Waals surface area contributed by atoms with Gasteiger partial charge in [-0.05, 0) is 37.1 Å². The number of nitrogens with one attached hydrogen (secondary N) is 2. The number of hydrogen-bond acceptors (Lipinski definition) is 2. The molecule has 0 unspecified atom stereocenters. The van der Waals surface area contributed by atoms with Crippen molar-refractivity contribution in [1.29, 1.82) is 0 Å². The Morgan fingerprint density at radius 2 is 1.90 bits per heavy atom. The molecule has 0 aliphatic heterocycles. The maximum absolute atomic E-state index is 11.2. The zero-order chi connectivity index (χ0) is 15.1. The number of benzene rings is 2. The van der Waals surface area contributed by atoms with E-state index >= 15 is 0 Å². The van der Waals surface area contributed by atoms with E-state index in [1.165, 1.54) is 18.1 Å². The van der Waals surface area contributed by atoms with Crippen LogP contribution in [0, 0.1) is 6.92 Å². The van der Waals surface area contributed by atoms with Gasteiger partial charge < -0.3 is 10.6 Å². The minimum atomic E-state index is -0.0396. The molecule has 0 radical (unpaired) electrons. The quantitative estimate of drug-likeness (QED) is 0.798. The fourth-order valence-electron chi connectivity index (χ4n) is 2.31. The molecule has 0 aliphatic carbocycles. The third-order valence-electron chi connectivity index (χ3n) is 3.32. The van der Waals surface area contributed by atoms with E-state index in [1.807, 2.05) is 24.3 Å². The van der Waals surface area contributed by atoms with Crippen molar-refractivity contribution in [2.45, 2.75) is 26.8 Å². The molecule has 2 aromatic rings. The van der Waals surface area contributed by atoms with Crippen molar-refractivity contribution in [3.63, 3.8) is 0 Å². The Balaban J connectivity index is 1.85. The van der Waals surface area contributed by atoms with Gasteiger partial charge in [-0.2, -0.15) is 0 Å². The van der Waals surface area contributed by atoms with Gasteiger partial charge in [0.2, 0.25) is 5.91 Å². The topological polar surface area (TPSA) is 41.1 Å². The highest BCUT2D eigenvalue weighted by Crippen LogP contribution is 2.14. The van der Waals surface area contributed by atoms with E-state index in [0.717, 1.165) is 30.8 Å². The van der Waals surface area contributed by atoms with Crippen molar-refractivity contribution in [2.24, 2.45) is 0 Å². The molecule has 0 heterocycles. The molecule has 1 amide bonds. The summed E-state index contributed by atoms with van der Waals surface area (Å²) in [5, 5.41) is 6.29. The molecule has 21 heavy (non-hydrogen) atoms. The Morgan fingerprint density at radius 1 is 1.10 bits per heavy atom. The number of anilines is 1. The van der Waals surface area contributed by atoms with Crippen molar-refractivity contribution in [1.82, 2.24) is 5.32 Å². The van der Waals surface area contributed by atoms with E-state index in [0.29, 0.717) is 0 Å². The minimum absolute atomic E-state index is 0.0396. The monoisotopic (exact) mass is 282 g/mol. The molecule has 0 saturated carbocycles. The molecule has 2 aromatic carbocycles. The highest BCUT2D eigenvalue weighted by molar-refractivity contribution is 5.89. The summed E-state index contributed by atoms with van der Waals surface area (Å²) in [7, 11) is 0. The molecule has 0 atom stereocenters. The van der Waals surface area contributed by atoms with E-state index < -0.39 is 0 Å². The lowest BCUT2D eigenvalue weighted by molar-refractivity contribution is -0.114. The first-order valence-corrected chi connectivity index (χ1v) is 7.27. The average Bonchev–Trinajstić information content (AvgIpc) is 2.45. The van der Waals surface area contributed by atoms with Crippen LogP contribution in [0.1, 0.15) is 23.6 Å². The summed E-state index contributed by atoms with van der Waals surface area (Å²) in [6.45, 7) is 5.31. The van der Waals surface area contributed by atoms with Crippen molar-refractivity contribution < 1.29 is 4.79 Å². The van der Waals surface area contributed by atoms with Gasteiger partial charge in [-0.1, -0.05) is 48.0 Å². The normalized spacial score (nSPS) is 10.4. The van der Waals surface area contributed by atoms with Gasteiger partial charge in [-0.3, -0.25) is 4.79 Å². The lowest BCUT2D eigenvalue weighted by atomic mass is 10.1. The lowest BCUT2D eigenvalue weighted by Gasteiger charge is -2.11. The SMILES string of the molecule is CC(=O)Nc1ccccc1CNCCc1cccc(C)c1. The predicted octanol–water partition coefficient (Wildman–Crippen LogP) is 3.29. The Bertz CT molecular complexity index is 608. The van der Waals surface area contributed by atoms with Gasteiger partial charge in [-0.15, -0.1) is 0 Å². The number of carbonyl (C=O) groups is 1. The standard InChI is InChI=1S/C18H22N2O/c1-14-6-5-7-16(12-14)10-11-19-13-17-8-3-4-9-18(17)20-15(2)21/h3-9,12,19H,10-11,13H2,1-2H3,(H,20,21). The van der Waals surface area contributed by atoms with Crippen LogP contribution < -0.4 is 10.6 Å². The Hall–Kier alpha value is -2.13. The number of carbonyl (C=O) groups excluding carboxylic acids is 1. The molecule has 0 aromatic heterocycles. The van der Waals surface area contributed by atoms with E-state index in [9.17, 15) is 4.79 Å². The van der Waals surface area contributed by atoms with Crippen LogP contribution in [0.25, 0.3) is 0 Å². The largest absolute Gasteiger partial charge is 0.326 e. The molecule has 3 heteroatoms. The molecule has 0 bridgehead atoms. The summed E-state index contributed by atoms with van der Waals surface area (Å²) in [5.41, 5.74) is 4.63. The minimum Gasteiger partial charge on any atom is -0.326 e. The molecular formula is C18H22N2O. The lowest BCUT2D eigenvalue weighted by Crippen LogP contribution is -2.18. The van der Waals surface area contributed by atoms with Crippen LogP contribution in [0.15, 0.2) is 48.5 Å². The summed E-state index contributed by atoms with van der Waals surface area (Å²) >= 11 is 0. The number of amides is 1. The van der Waals surface area contributed by atoms with Gasteiger partial charge in [0.25, 0.3) is 0 Å². The van der Waals surface area contributed by atoms with Crippen molar-refractivity contribution in [3.8, 4) is 0 Å². The van der Waals surface area contributed by atoms with Gasteiger partial charge in [0.05, 0.1) is 0 Å².